The Labute approximate surface area is 113 Å². The molecule has 0 spiro atoms. The summed E-state index contributed by atoms with van der Waals surface area (Å²) in [6.45, 7) is 5.61. The number of nitrogens with zero attached hydrogens (tertiary/aromatic N) is 1. The average Bonchev–Trinajstić information content (AvgIpc) is 2.33. The lowest BCUT2D eigenvalue weighted by molar-refractivity contribution is -0.127. The summed E-state index contributed by atoms with van der Waals surface area (Å²) in [6.07, 6.45) is 1.52. The van der Waals surface area contributed by atoms with E-state index in [1.54, 1.807) is 7.11 Å². The quantitative estimate of drug-likeness (QED) is 0.653. The van der Waals surface area contributed by atoms with Crippen LogP contribution in [0.15, 0.2) is 29.4 Å². The predicted octanol–water partition coefficient (Wildman–Crippen LogP) is 1.96. The molecule has 0 saturated carbocycles. The lowest BCUT2D eigenvalue weighted by Crippen LogP contribution is -2.42. The van der Waals surface area contributed by atoms with E-state index in [2.05, 4.69) is 10.5 Å². The van der Waals surface area contributed by atoms with Gasteiger partial charge in [-0.2, -0.15) is 0 Å². The normalized spacial score (nSPS) is 11.4. The third kappa shape index (κ3) is 5.90. The largest absolute Gasteiger partial charge is 0.496 e. The Hall–Kier alpha value is -2.04. The molecule has 0 bridgehead atoms. The number of para-hydroxylation sites is 1. The van der Waals surface area contributed by atoms with E-state index in [0.29, 0.717) is 5.75 Å². The summed E-state index contributed by atoms with van der Waals surface area (Å²) in [7, 11) is 1.59. The molecule has 5 nitrogen and oxygen atoms in total. The minimum atomic E-state index is -0.271. The molecule has 1 amide bonds. The van der Waals surface area contributed by atoms with E-state index in [4.69, 9.17) is 9.57 Å². The van der Waals surface area contributed by atoms with Gasteiger partial charge < -0.3 is 14.9 Å². The van der Waals surface area contributed by atoms with Crippen LogP contribution in [0.25, 0.3) is 0 Å². The zero-order chi connectivity index (χ0) is 14.3. The molecule has 5 heteroatoms. The van der Waals surface area contributed by atoms with Crippen LogP contribution >= 0.6 is 0 Å². The fourth-order valence-corrected chi connectivity index (χ4v) is 1.42. The van der Waals surface area contributed by atoms with Crippen LogP contribution in [0, 0.1) is 0 Å². The van der Waals surface area contributed by atoms with Crippen LogP contribution in [0.3, 0.4) is 0 Å². The number of carbonyl (C=O) groups excluding carboxylic acids is 1. The number of hydrogen-bond donors (Lipinski definition) is 1. The van der Waals surface area contributed by atoms with Crippen molar-refractivity contribution in [2.24, 2.45) is 5.16 Å². The van der Waals surface area contributed by atoms with Crippen molar-refractivity contribution in [1.29, 1.82) is 0 Å². The lowest BCUT2D eigenvalue weighted by atomic mass is 10.1. The zero-order valence-electron chi connectivity index (χ0n) is 11.8. The van der Waals surface area contributed by atoms with Crippen LogP contribution in [-0.4, -0.2) is 31.4 Å². The Morgan fingerprint density at radius 3 is 2.68 bits per heavy atom. The molecule has 1 aromatic rings. The first-order valence-corrected chi connectivity index (χ1v) is 6.02. The van der Waals surface area contributed by atoms with Gasteiger partial charge in [0.15, 0.2) is 6.61 Å². The number of oxime groups is 1. The van der Waals surface area contributed by atoms with E-state index in [1.807, 2.05) is 45.0 Å². The van der Waals surface area contributed by atoms with Gasteiger partial charge in [-0.05, 0) is 32.9 Å². The van der Waals surface area contributed by atoms with Gasteiger partial charge in [0.2, 0.25) is 0 Å². The molecular weight excluding hydrogens is 244 g/mol. The second kappa shape index (κ2) is 6.78. The highest BCUT2D eigenvalue weighted by atomic mass is 16.6. The summed E-state index contributed by atoms with van der Waals surface area (Å²) in [5.41, 5.74) is 0.522. The molecule has 0 fully saturated rings. The Morgan fingerprint density at radius 2 is 2.05 bits per heavy atom. The standard InChI is InChI=1S/C14H20N2O3/c1-14(2,3)16-13(17)10-19-15-9-11-7-5-6-8-12(11)18-4/h5-9H,10H2,1-4H3,(H,16,17)/b15-9-. The molecular formula is C14H20N2O3. The van der Waals surface area contributed by atoms with Gasteiger partial charge in [0.25, 0.3) is 5.91 Å². The van der Waals surface area contributed by atoms with Gasteiger partial charge in [0.1, 0.15) is 5.75 Å². The monoisotopic (exact) mass is 264 g/mol. The van der Waals surface area contributed by atoms with Crippen LogP contribution in [-0.2, 0) is 9.63 Å². The summed E-state index contributed by atoms with van der Waals surface area (Å²) < 4.78 is 5.16. The van der Waals surface area contributed by atoms with Crippen molar-refractivity contribution < 1.29 is 14.4 Å². The lowest BCUT2D eigenvalue weighted by Gasteiger charge is -2.19. The van der Waals surface area contributed by atoms with Crippen molar-refractivity contribution in [2.45, 2.75) is 26.3 Å². The smallest absolute Gasteiger partial charge is 0.261 e. The molecule has 0 unspecified atom stereocenters. The van der Waals surface area contributed by atoms with E-state index >= 15 is 0 Å². The van der Waals surface area contributed by atoms with E-state index < -0.39 is 0 Å². The molecule has 1 rings (SSSR count). The van der Waals surface area contributed by atoms with E-state index in [9.17, 15) is 4.79 Å². The Bertz CT molecular complexity index is 450. The average molecular weight is 264 g/mol. The molecule has 0 aliphatic carbocycles. The molecule has 0 radical (unpaired) electrons. The van der Waals surface area contributed by atoms with Gasteiger partial charge in [-0.3, -0.25) is 4.79 Å². The van der Waals surface area contributed by atoms with Gasteiger partial charge in [0.05, 0.1) is 13.3 Å². The summed E-state index contributed by atoms with van der Waals surface area (Å²) >= 11 is 0. The predicted molar refractivity (Wildman–Crippen MR) is 74.4 cm³/mol. The van der Waals surface area contributed by atoms with Crippen molar-refractivity contribution >= 4 is 12.1 Å². The van der Waals surface area contributed by atoms with Gasteiger partial charge in [-0.1, -0.05) is 17.3 Å². The Balaban J connectivity index is 2.44. The number of benzene rings is 1. The maximum atomic E-state index is 11.5. The molecule has 0 aromatic heterocycles. The zero-order valence-corrected chi connectivity index (χ0v) is 11.8. The molecule has 1 aromatic carbocycles. The number of methoxy groups -OCH3 is 1. The highest BCUT2D eigenvalue weighted by molar-refractivity contribution is 5.83. The van der Waals surface area contributed by atoms with Gasteiger partial charge >= 0.3 is 0 Å². The van der Waals surface area contributed by atoms with Crippen LogP contribution in [0.4, 0.5) is 0 Å². The van der Waals surface area contributed by atoms with Gasteiger partial charge in [0, 0.05) is 11.1 Å². The van der Waals surface area contributed by atoms with Gasteiger partial charge in [-0.15, -0.1) is 0 Å². The third-order valence-corrected chi connectivity index (χ3v) is 2.12. The molecule has 19 heavy (non-hydrogen) atoms. The first-order valence-electron chi connectivity index (χ1n) is 6.02. The third-order valence-electron chi connectivity index (χ3n) is 2.12. The second-order valence-corrected chi connectivity index (χ2v) is 5.05. The molecule has 104 valence electrons. The van der Waals surface area contributed by atoms with E-state index in [1.165, 1.54) is 6.21 Å². The topological polar surface area (TPSA) is 59.9 Å². The van der Waals surface area contributed by atoms with Crippen LogP contribution in [0.5, 0.6) is 5.75 Å². The van der Waals surface area contributed by atoms with Crippen molar-refractivity contribution in [3.05, 3.63) is 29.8 Å². The summed E-state index contributed by atoms with van der Waals surface area (Å²) in [4.78, 5) is 16.4. The molecule has 0 aliphatic heterocycles. The highest BCUT2D eigenvalue weighted by Gasteiger charge is 2.13. The summed E-state index contributed by atoms with van der Waals surface area (Å²) in [5, 5.41) is 6.53. The first kappa shape index (κ1) is 15.0. The summed E-state index contributed by atoms with van der Waals surface area (Å²) in [6, 6.07) is 7.42. The van der Waals surface area contributed by atoms with Crippen molar-refractivity contribution in [3.8, 4) is 5.75 Å². The number of nitrogens with one attached hydrogen (secondary N) is 1. The van der Waals surface area contributed by atoms with Crippen LogP contribution in [0.2, 0.25) is 0 Å². The number of rotatable bonds is 5. The van der Waals surface area contributed by atoms with Crippen molar-refractivity contribution in [2.75, 3.05) is 13.7 Å². The Kier molecular flexibility index (Phi) is 5.36. The minimum Gasteiger partial charge on any atom is -0.496 e. The molecule has 0 saturated heterocycles. The fraction of sp³-hybridized carbons (Fsp3) is 0.429. The van der Waals surface area contributed by atoms with E-state index in [-0.39, 0.29) is 18.1 Å². The maximum absolute atomic E-state index is 11.5. The first-order chi connectivity index (χ1) is 8.92. The SMILES string of the molecule is COc1ccccc1/C=N\OCC(=O)NC(C)(C)C. The van der Waals surface area contributed by atoms with E-state index in [0.717, 1.165) is 5.56 Å². The summed E-state index contributed by atoms with van der Waals surface area (Å²) in [5.74, 6) is 0.499. The van der Waals surface area contributed by atoms with Crippen molar-refractivity contribution in [1.82, 2.24) is 5.32 Å². The van der Waals surface area contributed by atoms with Crippen LogP contribution < -0.4 is 10.1 Å². The van der Waals surface area contributed by atoms with Crippen molar-refractivity contribution in [3.63, 3.8) is 0 Å². The fourth-order valence-electron chi connectivity index (χ4n) is 1.42. The minimum absolute atomic E-state index is 0.108. The maximum Gasteiger partial charge on any atom is 0.261 e. The molecule has 0 atom stereocenters. The second-order valence-electron chi connectivity index (χ2n) is 5.05. The number of ether oxygens (including phenoxy) is 1. The van der Waals surface area contributed by atoms with Gasteiger partial charge in [-0.25, -0.2) is 0 Å². The van der Waals surface area contributed by atoms with Crippen LogP contribution in [0.1, 0.15) is 26.3 Å². The number of amides is 1. The number of hydrogen-bond acceptors (Lipinski definition) is 4. The molecule has 0 heterocycles. The molecule has 0 aliphatic rings. The highest BCUT2D eigenvalue weighted by Crippen LogP contribution is 2.14. The Morgan fingerprint density at radius 1 is 1.37 bits per heavy atom. The number of carbonyl (C=O) groups is 1. The molecule has 1 N–H and O–H groups in total.